The summed E-state index contributed by atoms with van der Waals surface area (Å²) in [7, 11) is 0. The molecule has 1 unspecified atom stereocenters. The first-order chi connectivity index (χ1) is 7.79. The Morgan fingerprint density at radius 1 is 1.50 bits per heavy atom. The molecule has 0 amide bonds. The smallest absolute Gasteiger partial charge is 0.0537 e. The molecule has 3 nitrogen and oxygen atoms in total. The first-order valence-electron chi connectivity index (χ1n) is 6.57. The zero-order chi connectivity index (χ0) is 11.4. The summed E-state index contributed by atoms with van der Waals surface area (Å²) in [5, 5.41) is 4.34. The number of nitrogens with zero attached hydrogens (tertiary/aromatic N) is 2. The molecular formula is C13H23N3. The monoisotopic (exact) mass is 221 g/mol. The molecule has 2 N–H and O–H groups in total. The van der Waals surface area contributed by atoms with Gasteiger partial charge in [-0.3, -0.25) is 4.68 Å². The molecule has 1 aliphatic rings. The fraction of sp³-hybridized carbons (Fsp3) is 0.769. The molecule has 0 saturated heterocycles. The van der Waals surface area contributed by atoms with Gasteiger partial charge in [0.15, 0.2) is 0 Å². The Bertz CT molecular complexity index is 313. The van der Waals surface area contributed by atoms with E-state index in [1.165, 1.54) is 31.2 Å². The van der Waals surface area contributed by atoms with Crippen LogP contribution in [0.2, 0.25) is 0 Å². The lowest BCUT2D eigenvalue weighted by atomic mass is 9.96. The number of aryl methyl sites for hydroxylation is 1. The average Bonchev–Trinajstić information content (AvgIpc) is 2.89. The standard InChI is InChI=1S/C13H23N3/c1-2-7-16-10-12(9-15-16)13(14)8-11-5-3-4-6-11/h9-11,13H,2-8,14H2,1H3. The quantitative estimate of drug-likeness (QED) is 0.831. The van der Waals surface area contributed by atoms with Gasteiger partial charge in [0.1, 0.15) is 0 Å². The van der Waals surface area contributed by atoms with Crippen LogP contribution in [-0.2, 0) is 6.54 Å². The van der Waals surface area contributed by atoms with Gasteiger partial charge in [-0.15, -0.1) is 0 Å². The SMILES string of the molecule is CCCn1cc(C(N)CC2CCCC2)cn1. The molecule has 1 saturated carbocycles. The van der Waals surface area contributed by atoms with Gasteiger partial charge in [0.2, 0.25) is 0 Å². The maximum atomic E-state index is 6.23. The Morgan fingerprint density at radius 3 is 2.94 bits per heavy atom. The van der Waals surface area contributed by atoms with Crippen molar-refractivity contribution in [3.63, 3.8) is 0 Å². The van der Waals surface area contributed by atoms with E-state index in [-0.39, 0.29) is 6.04 Å². The molecule has 1 aliphatic carbocycles. The molecule has 1 fully saturated rings. The van der Waals surface area contributed by atoms with Gasteiger partial charge < -0.3 is 5.73 Å². The highest BCUT2D eigenvalue weighted by Gasteiger charge is 2.19. The number of hydrogen-bond acceptors (Lipinski definition) is 2. The molecule has 1 aromatic rings. The van der Waals surface area contributed by atoms with Gasteiger partial charge in [-0.25, -0.2) is 0 Å². The van der Waals surface area contributed by atoms with E-state index in [4.69, 9.17) is 5.73 Å². The molecule has 0 radical (unpaired) electrons. The van der Waals surface area contributed by atoms with Gasteiger partial charge in [0.05, 0.1) is 6.20 Å². The van der Waals surface area contributed by atoms with E-state index in [0.717, 1.165) is 25.3 Å². The van der Waals surface area contributed by atoms with Crippen LogP contribution in [0.3, 0.4) is 0 Å². The predicted molar refractivity (Wildman–Crippen MR) is 66.0 cm³/mol. The Morgan fingerprint density at radius 2 is 2.25 bits per heavy atom. The number of rotatable bonds is 5. The van der Waals surface area contributed by atoms with Crippen molar-refractivity contribution in [3.05, 3.63) is 18.0 Å². The van der Waals surface area contributed by atoms with Gasteiger partial charge in [0, 0.05) is 24.3 Å². The summed E-state index contributed by atoms with van der Waals surface area (Å²) >= 11 is 0. The van der Waals surface area contributed by atoms with Crippen molar-refractivity contribution in [2.45, 2.75) is 58.0 Å². The first-order valence-corrected chi connectivity index (χ1v) is 6.57. The molecule has 2 rings (SSSR count). The summed E-state index contributed by atoms with van der Waals surface area (Å²) in [6.45, 7) is 3.16. The minimum absolute atomic E-state index is 0.189. The minimum atomic E-state index is 0.189. The van der Waals surface area contributed by atoms with E-state index in [1.807, 2.05) is 10.9 Å². The maximum Gasteiger partial charge on any atom is 0.0537 e. The third-order valence-corrected chi connectivity index (χ3v) is 3.60. The Labute approximate surface area is 98.0 Å². The summed E-state index contributed by atoms with van der Waals surface area (Å²) in [5.41, 5.74) is 7.44. The minimum Gasteiger partial charge on any atom is -0.324 e. The summed E-state index contributed by atoms with van der Waals surface area (Å²) < 4.78 is 2.00. The van der Waals surface area contributed by atoms with Gasteiger partial charge in [-0.05, 0) is 18.8 Å². The second-order valence-electron chi connectivity index (χ2n) is 5.03. The van der Waals surface area contributed by atoms with E-state index < -0.39 is 0 Å². The van der Waals surface area contributed by atoms with Gasteiger partial charge in [0.25, 0.3) is 0 Å². The highest BCUT2D eigenvalue weighted by Crippen LogP contribution is 2.31. The topological polar surface area (TPSA) is 43.8 Å². The van der Waals surface area contributed by atoms with Gasteiger partial charge >= 0.3 is 0 Å². The second-order valence-corrected chi connectivity index (χ2v) is 5.03. The van der Waals surface area contributed by atoms with Crippen molar-refractivity contribution >= 4 is 0 Å². The highest BCUT2D eigenvalue weighted by molar-refractivity contribution is 5.09. The lowest BCUT2D eigenvalue weighted by Gasteiger charge is -2.14. The van der Waals surface area contributed by atoms with Crippen LogP contribution in [0.25, 0.3) is 0 Å². The van der Waals surface area contributed by atoms with Gasteiger partial charge in [-0.1, -0.05) is 32.6 Å². The van der Waals surface area contributed by atoms with E-state index >= 15 is 0 Å². The van der Waals surface area contributed by atoms with E-state index in [2.05, 4.69) is 18.2 Å². The van der Waals surface area contributed by atoms with Crippen LogP contribution in [0, 0.1) is 5.92 Å². The molecule has 0 bridgehead atoms. The molecule has 90 valence electrons. The summed E-state index contributed by atoms with van der Waals surface area (Å²) in [6, 6.07) is 0.189. The molecule has 0 aliphatic heterocycles. The predicted octanol–water partition coefficient (Wildman–Crippen LogP) is 2.87. The zero-order valence-corrected chi connectivity index (χ0v) is 10.2. The van der Waals surface area contributed by atoms with Crippen molar-refractivity contribution in [3.8, 4) is 0 Å². The lowest BCUT2D eigenvalue weighted by Crippen LogP contribution is -2.13. The normalized spacial score (nSPS) is 19.1. The number of nitrogens with two attached hydrogens (primary N) is 1. The van der Waals surface area contributed by atoms with Crippen LogP contribution in [0.15, 0.2) is 12.4 Å². The van der Waals surface area contributed by atoms with Crippen LogP contribution >= 0.6 is 0 Å². The first kappa shape index (κ1) is 11.6. The number of aromatic nitrogens is 2. The summed E-state index contributed by atoms with van der Waals surface area (Å²) in [5.74, 6) is 0.851. The van der Waals surface area contributed by atoms with Crippen LogP contribution in [0.4, 0.5) is 0 Å². The van der Waals surface area contributed by atoms with E-state index in [1.54, 1.807) is 0 Å². The average molecular weight is 221 g/mol. The fourth-order valence-electron chi connectivity index (χ4n) is 2.66. The Kier molecular flexibility index (Phi) is 3.99. The highest BCUT2D eigenvalue weighted by atomic mass is 15.3. The third-order valence-electron chi connectivity index (χ3n) is 3.60. The molecule has 16 heavy (non-hydrogen) atoms. The van der Waals surface area contributed by atoms with Crippen molar-refractivity contribution < 1.29 is 0 Å². The van der Waals surface area contributed by atoms with Crippen molar-refractivity contribution in [2.24, 2.45) is 11.7 Å². The van der Waals surface area contributed by atoms with Crippen molar-refractivity contribution in [1.82, 2.24) is 9.78 Å². The van der Waals surface area contributed by atoms with E-state index in [0.29, 0.717) is 0 Å². The van der Waals surface area contributed by atoms with Crippen molar-refractivity contribution in [1.29, 1.82) is 0 Å². The number of hydrogen-bond donors (Lipinski definition) is 1. The largest absolute Gasteiger partial charge is 0.324 e. The Hall–Kier alpha value is -0.830. The van der Waals surface area contributed by atoms with Crippen LogP contribution < -0.4 is 5.73 Å². The molecule has 1 atom stereocenters. The van der Waals surface area contributed by atoms with Crippen LogP contribution in [-0.4, -0.2) is 9.78 Å². The second kappa shape index (κ2) is 5.48. The van der Waals surface area contributed by atoms with E-state index in [9.17, 15) is 0 Å². The Balaban J connectivity index is 1.89. The van der Waals surface area contributed by atoms with Crippen LogP contribution in [0.5, 0.6) is 0 Å². The van der Waals surface area contributed by atoms with Crippen LogP contribution in [0.1, 0.15) is 57.1 Å². The van der Waals surface area contributed by atoms with Gasteiger partial charge in [-0.2, -0.15) is 5.10 Å². The lowest BCUT2D eigenvalue weighted by molar-refractivity contribution is 0.450. The molecule has 3 heteroatoms. The summed E-state index contributed by atoms with van der Waals surface area (Å²) in [6.07, 6.45) is 11.8. The third kappa shape index (κ3) is 2.85. The molecule has 1 heterocycles. The molecule has 0 aromatic carbocycles. The molecule has 0 spiro atoms. The zero-order valence-electron chi connectivity index (χ0n) is 10.2. The maximum absolute atomic E-state index is 6.23. The molecule has 1 aromatic heterocycles. The fourth-order valence-corrected chi connectivity index (χ4v) is 2.66. The van der Waals surface area contributed by atoms with Crippen molar-refractivity contribution in [2.75, 3.05) is 0 Å². The summed E-state index contributed by atoms with van der Waals surface area (Å²) in [4.78, 5) is 0. The molecular weight excluding hydrogens is 198 g/mol.